The highest BCUT2D eigenvalue weighted by Crippen LogP contribution is 2.17. The third-order valence-electron chi connectivity index (χ3n) is 2.84. The Balaban J connectivity index is 1.68. The number of pyridine rings is 1. The highest BCUT2D eigenvalue weighted by molar-refractivity contribution is 9.10. The fourth-order valence-corrected chi connectivity index (χ4v) is 2.22. The number of rotatable bonds is 4. The van der Waals surface area contributed by atoms with Crippen LogP contribution in [0, 0.1) is 0 Å². The van der Waals surface area contributed by atoms with Gasteiger partial charge in [0, 0.05) is 11.0 Å². The Labute approximate surface area is 124 Å². The second-order valence-corrected chi connectivity index (χ2v) is 5.04. The van der Waals surface area contributed by atoms with Gasteiger partial charge in [0.05, 0.1) is 11.9 Å². The van der Waals surface area contributed by atoms with Crippen molar-refractivity contribution in [3.8, 4) is 5.82 Å². The minimum Gasteiger partial charge on any atom is -0.380 e. The zero-order valence-electron chi connectivity index (χ0n) is 10.6. The molecule has 0 atom stereocenters. The van der Waals surface area contributed by atoms with E-state index in [0.29, 0.717) is 0 Å². The molecular weight excluding hydrogens is 318 g/mol. The van der Waals surface area contributed by atoms with Gasteiger partial charge in [-0.15, -0.1) is 0 Å². The van der Waals surface area contributed by atoms with E-state index in [1.807, 2.05) is 30.3 Å². The molecule has 3 rings (SSSR count). The summed E-state index contributed by atoms with van der Waals surface area (Å²) in [7, 11) is 0. The Kier molecular flexibility index (Phi) is 3.73. The van der Waals surface area contributed by atoms with Crippen LogP contribution in [0.4, 0.5) is 5.69 Å². The Morgan fingerprint density at radius 3 is 2.75 bits per heavy atom. The first-order valence-corrected chi connectivity index (χ1v) is 6.90. The summed E-state index contributed by atoms with van der Waals surface area (Å²) in [6.45, 7) is 0.742. The smallest absolute Gasteiger partial charge is 0.155 e. The fraction of sp³-hybridized carbons (Fsp3) is 0.0714. The normalized spacial score (nSPS) is 10.4. The van der Waals surface area contributed by atoms with Crippen LogP contribution in [0.3, 0.4) is 0 Å². The van der Waals surface area contributed by atoms with Crippen LogP contribution in [0.5, 0.6) is 0 Å². The first-order chi connectivity index (χ1) is 9.83. The van der Waals surface area contributed by atoms with Gasteiger partial charge >= 0.3 is 0 Å². The van der Waals surface area contributed by atoms with Crippen LogP contribution < -0.4 is 5.32 Å². The molecule has 0 bridgehead atoms. The van der Waals surface area contributed by atoms with Crippen molar-refractivity contribution in [1.82, 2.24) is 19.7 Å². The van der Waals surface area contributed by atoms with Gasteiger partial charge in [-0.05, 0) is 23.8 Å². The van der Waals surface area contributed by atoms with Crippen molar-refractivity contribution in [1.29, 1.82) is 0 Å². The molecule has 2 aromatic heterocycles. The average Bonchev–Trinajstić information content (AvgIpc) is 3.01. The molecule has 6 heteroatoms. The summed E-state index contributed by atoms with van der Waals surface area (Å²) in [5, 5.41) is 7.37. The molecule has 0 unspecified atom stereocenters. The summed E-state index contributed by atoms with van der Waals surface area (Å²) < 4.78 is 2.72. The van der Waals surface area contributed by atoms with E-state index >= 15 is 0 Å². The lowest BCUT2D eigenvalue weighted by molar-refractivity contribution is 0.845. The molecule has 0 saturated heterocycles. The maximum Gasteiger partial charge on any atom is 0.155 e. The molecule has 0 aliphatic rings. The summed E-state index contributed by atoms with van der Waals surface area (Å²) in [6.07, 6.45) is 4.89. The van der Waals surface area contributed by atoms with Crippen LogP contribution in [0.1, 0.15) is 5.56 Å². The number of hydrogen-bond donors (Lipinski definition) is 1. The van der Waals surface area contributed by atoms with Gasteiger partial charge in [-0.2, -0.15) is 5.10 Å². The molecule has 0 amide bonds. The largest absolute Gasteiger partial charge is 0.380 e. The van der Waals surface area contributed by atoms with Gasteiger partial charge in [0.15, 0.2) is 5.82 Å². The second kappa shape index (κ2) is 5.83. The van der Waals surface area contributed by atoms with E-state index in [1.54, 1.807) is 17.2 Å². The van der Waals surface area contributed by atoms with E-state index in [9.17, 15) is 0 Å². The zero-order chi connectivity index (χ0) is 13.8. The van der Waals surface area contributed by atoms with E-state index in [-0.39, 0.29) is 0 Å². The summed E-state index contributed by atoms with van der Waals surface area (Å²) in [5.41, 5.74) is 2.16. The SMILES string of the molecule is Brc1ccccc1CNc1ccc(-n2cncn2)nc1. The number of benzene rings is 1. The molecule has 0 spiro atoms. The van der Waals surface area contributed by atoms with Crippen LogP contribution in [0.2, 0.25) is 0 Å². The minimum atomic E-state index is 0.742. The maximum absolute atomic E-state index is 4.34. The van der Waals surface area contributed by atoms with Gasteiger partial charge in [-0.3, -0.25) is 0 Å². The molecule has 1 aromatic carbocycles. The average molecular weight is 330 g/mol. The summed E-state index contributed by atoms with van der Waals surface area (Å²) in [4.78, 5) is 8.24. The number of nitrogens with one attached hydrogen (secondary N) is 1. The summed E-state index contributed by atoms with van der Waals surface area (Å²) in [6, 6.07) is 12.0. The molecule has 0 saturated carbocycles. The van der Waals surface area contributed by atoms with Gasteiger partial charge in [-0.1, -0.05) is 34.1 Å². The van der Waals surface area contributed by atoms with E-state index in [1.165, 1.54) is 11.9 Å². The third-order valence-corrected chi connectivity index (χ3v) is 3.62. The molecule has 1 N–H and O–H groups in total. The number of hydrogen-bond acceptors (Lipinski definition) is 4. The number of halogens is 1. The molecule has 100 valence electrons. The summed E-state index contributed by atoms with van der Waals surface area (Å²) in [5.74, 6) is 0.744. The first kappa shape index (κ1) is 12.8. The summed E-state index contributed by atoms with van der Waals surface area (Å²) >= 11 is 3.53. The quantitative estimate of drug-likeness (QED) is 0.799. The van der Waals surface area contributed by atoms with E-state index in [4.69, 9.17) is 0 Å². The lowest BCUT2D eigenvalue weighted by atomic mass is 10.2. The van der Waals surface area contributed by atoms with Gasteiger partial charge in [0.25, 0.3) is 0 Å². The fourth-order valence-electron chi connectivity index (χ4n) is 1.79. The van der Waals surface area contributed by atoms with Gasteiger partial charge in [-0.25, -0.2) is 14.6 Å². The van der Waals surface area contributed by atoms with Crippen molar-refractivity contribution in [2.75, 3.05) is 5.32 Å². The highest BCUT2D eigenvalue weighted by atomic mass is 79.9. The number of aromatic nitrogens is 4. The van der Waals surface area contributed by atoms with Crippen molar-refractivity contribution in [2.45, 2.75) is 6.54 Å². The highest BCUT2D eigenvalue weighted by Gasteiger charge is 2.01. The van der Waals surface area contributed by atoms with Crippen LogP contribution in [-0.2, 0) is 6.54 Å². The molecule has 5 nitrogen and oxygen atoms in total. The predicted molar refractivity (Wildman–Crippen MR) is 80.6 cm³/mol. The molecule has 0 fully saturated rings. The Hall–Kier alpha value is -2.21. The van der Waals surface area contributed by atoms with E-state index < -0.39 is 0 Å². The second-order valence-electron chi connectivity index (χ2n) is 4.19. The topological polar surface area (TPSA) is 55.6 Å². The first-order valence-electron chi connectivity index (χ1n) is 6.11. The lowest BCUT2D eigenvalue weighted by Gasteiger charge is -2.08. The van der Waals surface area contributed by atoms with Crippen LogP contribution >= 0.6 is 15.9 Å². The van der Waals surface area contributed by atoms with Crippen molar-refractivity contribution in [3.05, 3.63) is 65.3 Å². The van der Waals surface area contributed by atoms with Gasteiger partial charge in [0.2, 0.25) is 0 Å². The van der Waals surface area contributed by atoms with Gasteiger partial charge in [0.1, 0.15) is 12.7 Å². The van der Waals surface area contributed by atoms with Crippen molar-refractivity contribution in [2.24, 2.45) is 0 Å². The van der Waals surface area contributed by atoms with E-state index in [0.717, 1.165) is 22.5 Å². The van der Waals surface area contributed by atoms with Crippen molar-refractivity contribution in [3.63, 3.8) is 0 Å². The van der Waals surface area contributed by atoms with Crippen molar-refractivity contribution < 1.29 is 0 Å². The monoisotopic (exact) mass is 329 g/mol. The molecule has 3 aromatic rings. The molecule has 0 aliphatic heterocycles. The molecule has 0 aliphatic carbocycles. The molecular formula is C14H12BrN5. The number of nitrogens with zero attached hydrogens (tertiary/aromatic N) is 4. The van der Waals surface area contributed by atoms with Crippen LogP contribution in [0.25, 0.3) is 5.82 Å². The maximum atomic E-state index is 4.34. The lowest BCUT2D eigenvalue weighted by Crippen LogP contribution is -2.02. The van der Waals surface area contributed by atoms with Crippen LogP contribution in [0.15, 0.2) is 59.7 Å². The predicted octanol–water partition coefficient (Wildman–Crippen LogP) is 3.04. The molecule has 2 heterocycles. The minimum absolute atomic E-state index is 0.742. The standard InChI is InChI=1S/C14H12BrN5/c15-13-4-2-1-3-11(13)7-17-12-5-6-14(18-8-12)20-10-16-9-19-20/h1-6,8-10,17H,7H2. The number of anilines is 1. The van der Waals surface area contributed by atoms with E-state index in [2.05, 4.69) is 42.4 Å². The molecule has 20 heavy (non-hydrogen) atoms. The third kappa shape index (κ3) is 2.85. The van der Waals surface area contributed by atoms with Gasteiger partial charge < -0.3 is 5.32 Å². The molecule has 0 radical (unpaired) electrons. The zero-order valence-corrected chi connectivity index (χ0v) is 12.2. The van der Waals surface area contributed by atoms with Crippen LogP contribution in [-0.4, -0.2) is 19.7 Å². The van der Waals surface area contributed by atoms with Crippen molar-refractivity contribution >= 4 is 21.6 Å². The Morgan fingerprint density at radius 2 is 2.05 bits per heavy atom. The Bertz CT molecular complexity index is 679. The Morgan fingerprint density at radius 1 is 1.15 bits per heavy atom.